The number of nitrogens with zero attached hydrogens (tertiary/aromatic N) is 3. The number of aromatic nitrogens is 1. The molecular formula is C21H17N3O5S. The first-order valence-corrected chi connectivity index (χ1v) is 9.99. The first-order chi connectivity index (χ1) is 14.5. The molecule has 2 heterocycles. The fourth-order valence-corrected chi connectivity index (χ4v) is 3.95. The van der Waals surface area contributed by atoms with E-state index >= 15 is 0 Å². The number of fused-ring (bicyclic) bond motifs is 1. The Kier molecular flexibility index (Phi) is 5.44. The molecule has 0 spiro atoms. The largest absolute Gasteiger partial charge is 0.494 e. The summed E-state index contributed by atoms with van der Waals surface area (Å²) in [4.78, 5) is 29.9. The summed E-state index contributed by atoms with van der Waals surface area (Å²) < 4.78 is 11.8. The van der Waals surface area contributed by atoms with Crippen molar-refractivity contribution in [2.75, 3.05) is 11.5 Å². The fourth-order valence-electron chi connectivity index (χ4n) is 2.96. The van der Waals surface area contributed by atoms with Gasteiger partial charge in [-0.05, 0) is 43.3 Å². The SMILES string of the molecule is CCOc1ccc2nc(N(Cc3ccco3)C(=O)c3cccc([N+](=O)[O-])c3)sc2c1. The molecule has 2 aromatic heterocycles. The summed E-state index contributed by atoms with van der Waals surface area (Å²) >= 11 is 1.34. The number of hydrogen-bond donors (Lipinski definition) is 0. The van der Waals surface area contributed by atoms with Crippen LogP contribution < -0.4 is 9.64 Å². The second kappa shape index (κ2) is 8.34. The van der Waals surface area contributed by atoms with Gasteiger partial charge < -0.3 is 9.15 Å². The van der Waals surface area contributed by atoms with Gasteiger partial charge in [0.25, 0.3) is 11.6 Å². The van der Waals surface area contributed by atoms with Crippen LogP contribution in [0.1, 0.15) is 23.0 Å². The van der Waals surface area contributed by atoms with E-state index in [0.29, 0.717) is 17.5 Å². The highest BCUT2D eigenvalue weighted by Gasteiger charge is 2.24. The Bertz CT molecular complexity index is 1200. The molecule has 0 radical (unpaired) electrons. The number of furan rings is 1. The minimum atomic E-state index is -0.527. The number of carbonyl (C=O) groups excluding carboxylic acids is 1. The summed E-state index contributed by atoms with van der Waals surface area (Å²) in [5.74, 6) is 0.894. The topological polar surface area (TPSA) is 98.7 Å². The summed E-state index contributed by atoms with van der Waals surface area (Å²) in [5.41, 5.74) is 0.782. The van der Waals surface area contributed by atoms with Crippen molar-refractivity contribution < 1.29 is 18.9 Å². The highest BCUT2D eigenvalue weighted by atomic mass is 32.1. The molecule has 0 saturated heterocycles. The predicted octanol–water partition coefficient (Wildman–Crippen LogP) is 5.04. The number of amides is 1. The predicted molar refractivity (Wildman–Crippen MR) is 113 cm³/mol. The third kappa shape index (κ3) is 4.01. The molecule has 0 unspecified atom stereocenters. The average molecular weight is 423 g/mol. The van der Waals surface area contributed by atoms with Gasteiger partial charge in [0, 0.05) is 17.7 Å². The van der Waals surface area contributed by atoms with Crippen LogP contribution in [0.2, 0.25) is 0 Å². The molecular weight excluding hydrogens is 406 g/mol. The first-order valence-electron chi connectivity index (χ1n) is 9.17. The summed E-state index contributed by atoms with van der Waals surface area (Å²) in [6.07, 6.45) is 1.53. The standard InChI is InChI=1S/C21H17N3O5S/c1-2-28-16-8-9-18-19(12-16)30-21(22-18)23(13-17-7-4-10-29-17)20(25)14-5-3-6-15(11-14)24(26)27/h3-12H,2,13H2,1H3. The first kappa shape index (κ1) is 19.6. The molecule has 30 heavy (non-hydrogen) atoms. The van der Waals surface area contributed by atoms with Gasteiger partial charge in [-0.2, -0.15) is 0 Å². The van der Waals surface area contributed by atoms with Gasteiger partial charge in [-0.25, -0.2) is 4.98 Å². The van der Waals surface area contributed by atoms with Gasteiger partial charge in [0.15, 0.2) is 5.13 Å². The molecule has 0 aliphatic carbocycles. The van der Waals surface area contributed by atoms with Crippen LogP contribution in [-0.4, -0.2) is 22.4 Å². The van der Waals surface area contributed by atoms with E-state index in [0.717, 1.165) is 16.0 Å². The lowest BCUT2D eigenvalue weighted by molar-refractivity contribution is -0.384. The van der Waals surface area contributed by atoms with Crippen LogP contribution in [0.3, 0.4) is 0 Å². The lowest BCUT2D eigenvalue weighted by Gasteiger charge is -2.18. The minimum absolute atomic E-state index is 0.146. The molecule has 4 rings (SSSR count). The third-order valence-corrected chi connectivity index (χ3v) is 5.37. The average Bonchev–Trinajstić information content (AvgIpc) is 3.41. The van der Waals surface area contributed by atoms with Crippen molar-refractivity contribution in [1.82, 2.24) is 4.98 Å². The van der Waals surface area contributed by atoms with Gasteiger partial charge in [0.1, 0.15) is 11.5 Å². The van der Waals surface area contributed by atoms with E-state index in [1.54, 1.807) is 18.2 Å². The summed E-state index contributed by atoms with van der Waals surface area (Å²) in [6.45, 7) is 2.60. The molecule has 0 aliphatic rings. The molecule has 0 bridgehead atoms. The van der Waals surface area contributed by atoms with Crippen molar-refractivity contribution in [2.24, 2.45) is 0 Å². The maximum Gasteiger partial charge on any atom is 0.270 e. The third-order valence-electron chi connectivity index (χ3n) is 4.33. The summed E-state index contributed by atoms with van der Waals surface area (Å²) in [7, 11) is 0. The summed E-state index contributed by atoms with van der Waals surface area (Å²) in [5, 5.41) is 11.6. The number of non-ortho nitro benzene ring substituents is 1. The monoisotopic (exact) mass is 423 g/mol. The van der Waals surface area contributed by atoms with Crippen LogP contribution in [0.4, 0.5) is 10.8 Å². The fraction of sp³-hybridized carbons (Fsp3) is 0.143. The Labute approximate surface area is 175 Å². The van der Waals surface area contributed by atoms with Crippen LogP contribution in [-0.2, 0) is 6.54 Å². The normalized spacial score (nSPS) is 10.8. The Morgan fingerprint density at radius 3 is 2.83 bits per heavy atom. The molecule has 0 saturated carbocycles. The molecule has 8 nitrogen and oxygen atoms in total. The molecule has 0 fully saturated rings. The second-order valence-electron chi connectivity index (χ2n) is 6.34. The number of thiazole rings is 1. The molecule has 1 amide bonds. The van der Waals surface area contributed by atoms with E-state index < -0.39 is 10.8 Å². The van der Waals surface area contributed by atoms with Crippen LogP contribution in [0.15, 0.2) is 65.3 Å². The van der Waals surface area contributed by atoms with Gasteiger partial charge in [-0.1, -0.05) is 17.4 Å². The number of nitro groups is 1. The zero-order chi connectivity index (χ0) is 21.1. The molecule has 152 valence electrons. The Hall–Kier alpha value is -3.72. The molecule has 0 atom stereocenters. The molecule has 2 aromatic carbocycles. The van der Waals surface area contributed by atoms with Gasteiger partial charge >= 0.3 is 0 Å². The van der Waals surface area contributed by atoms with Crippen molar-refractivity contribution in [2.45, 2.75) is 13.5 Å². The number of hydrogen-bond acceptors (Lipinski definition) is 7. The van der Waals surface area contributed by atoms with E-state index in [4.69, 9.17) is 9.15 Å². The van der Waals surface area contributed by atoms with Crippen molar-refractivity contribution >= 4 is 38.3 Å². The van der Waals surface area contributed by atoms with Gasteiger partial charge in [0.05, 0.1) is 34.6 Å². The smallest absolute Gasteiger partial charge is 0.270 e. The lowest BCUT2D eigenvalue weighted by Crippen LogP contribution is -2.30. The van der Waals surface area contributed by atoms with E-state index in [1.165, 1.54) is 40.7 Å². The van der Waals surface area contributed by atoms with Crippen molar-refractivity contribution in [3.63, 3.8) is 0 Å². The highest BCUT2D eigenvalue weighted by Crippen LogP contribution is 2.33. The van der Waals surface area contributed by atoms with E-state index in [-0.39, 0.29) is 17.8 Å². The summed E-state index contributed by atoms with van der Waals surface area (Å²) in [6, 6.07) is 14.7. The Morgan fingerprint density at radius 1 is 1.23 bits per heavy atom. The number of nitro benzene ring substituents is 1. The quantitative estimate of drug-likeness (QED) is 0.305. The van der Waals surface area contributed by atoms with Crippen LogP contribution in [0, 0.1) is 10.1 Å². The number of ether oxygens (including phenoxy) is 1. The van der Waals surface area contributed by atoms with Crippen molar-refractivity contribution in [1.29, 1.82) is 0 Å². The Morgan fingerprint density at radius 2 is 2.10 bits per heavy atom. The number of carbonyl (C=O) groups is 1. The van der Waals surface area contributed by atoms with E-state index in [2.05, 4.69) is 4.98 Å². The maximum atomic E-state index is 13.3. The van der Waals surface area contributed by atoms with Crippen LogP contribution in [0.25, 0.3) is 10.2 Å². The Balaban J connectivity index is 1.74. The zero-order valence-corrected chi connectivity index (χ0v) is 16.8. The highest BCUT2D eigenvalue weighted by molar-refractivity contribution is 7.22. The molecule has 0 N–H and O–H groups in total. The molecule has 4 aromatic rings. The van der Waals surface area contributed by atoms with Crippen LogP contribution in [0.5, 0.6) is 5.75 Å². The van der Waals surface area contributed by atoms with Crippen LogP contribution >= 0.6 is 11.3 Å². The number of anilines is 1. The van der Waals surface area contributed by atoms with Gasteiger partial charge in [-0.3, -0.25) is 19.8 Å². The maximum absolute atomic E-state index is 13.3. The van der Waals surface area contributed by atoms with E-state index in [9.17, 15) is 14.9 Å². The van der Waals surface area contributed by atoms with Crippen molar-refractivity contribution in [3.8, 4) is 5.75 Å². The molecule has 0 aliphatic heterocycles. The van der Waals surface area contributed by atoms with E-state index in [1.807, 2.05) is 25.1 Å². The minimum Gasteiger partial charge on any atom is -0.494 e. The second-order valence-corrected chi connectivity index (χ2v) is 7.35. The number of benzene rings is 2. The zero-order valence-electron chi connectivity index (χ0n) is 16.0. The molecule has 9 heteroatoms. The number of rotatable bonds is 7. The van der Waals surface area contributed by atoms with Crippen molar-refractivity contribution in [3.05, 3.63) is 82.3 Å². The lowest BCUT2D eigenvalue weighted by atomic mass is 10.2. The van der Waals surface area contributed by atoms with Gasteiger partial charge in [-0.15, -0.1) is 0 Å². The van der Waals surface area contributed by atoms with Gasteiger partial charge in [0.2, 0.25) is 0 Å².